The smallest absolute Gasteiger partial charge is 0.220 e. The summed E-state index contributed by atoms with van der Waals surface area (Å²) in [5.74, 6) is 0.960. The van der Waals surface area contributed by atoms with Crippen molar-refractivity contribution >= 4 is 23.5 Å². The number of carbonyl (C=O) groups excluding carboxylic acids is 2. The van der Waals surface area contributed by atoms with Gasteiger partial charge in [0.15, 0.2) is 10.9 Å². The van der Waals surface area contributed by atoms with Gasteiger partial charge in [-0.25, -0.2) is 0 Å². The number of aryl methyl sites for hydroxylation is 3. The van der Waals surface area contributed by atoms with Gasteiger partial charge in [0.2, 0.25) is 5.91 Å². The second-order valence-corrected chi connectivity index (χ2v) is 8.86. The minimum atomic E-state index is -0.0748. The monoisotopic (exact) mass is 428 g/mol. The maximum absolute atomic E-state index is 12.3. The molecule has 6 nitrogen and oxygen atoms in total. The van der Waals surface area contributed by atoms with Crippen LogP contribution in [-0.4, -0.2) is 39.3 Å². The Morgan fingerprint density at radius 2 is 1.90 bits per heavy atom. The zero-order valence-electron chi connectivity index (χ0n) is 18.2. The normalized spacial score (nSPS) is 14.2. The molecule has 0 unspecified atom stereocenters. The summed E-state index contributed by atoms with van der Waals surface area (Å²) >= 11 is 1.64. The minimum Gasteiger partial charge on any atom is -0.356 e. The van der Waals surface area contributed by atoms with E-state index in [1.54, 1.807) is 11.8 Å². The van der Waals surface area contributed by atoms with Crippen LogP contribution >= 0.6 is 11.8 Å². The van der Waals surface area contributed by atoms with E-state index in [1.807, 2.05) is 38.3 Å². The van der Waals surface area contributed by atoms with E-state index in [4.69, 9.17) is 0 Å². The molecule has 1 aliphatic carbocycles. The molecule has 1 aromatic carbocycles. The summed E-state index contributed by atoms with van der Waals surface area (Å²) in [7, 11) is 0. The number of aromatic nitrogens is 3. The molecule has 1 aromatic heterocycles. The fourth-order valence-electron chi connectivity index (χ4n) is 4.00. The van der Waals surface area contributed by atoms with Crippen LogP contribution in [0.3, 0.4) is 0 Å². The Labute approximate surface area is 183 Å². The third-order valence-electron chi connectivity index (χ3n) is 5.91. The number of hydrogen-bond donors (Lipinski definition) is 1. The second-order valence-electron chi connectivity index (χ2n) is 8.09. The lowest BCUT2D eigenvalue weighted by Gasteiger charge is -2.16. The van der Waals surface area contributed by atoms with Crippen LogP contribution in [0.25, 0.3) is 0 Å². The Bertz CT molecular complexity index is 887. The molecule has 0 bridgehead atoms. The molecule has 1 saturated carbocycles. The second kappa shape index (κ2) is 10.8. The molecule has 162 valence electrons. The van der Waals surface area contributed by atoms with Crippen molar-refractivity contribution in [3.8, 4) is 0 Å². The molecule has 2 aromatic rings. The largest absolute Gasteiger partial charge is 0.356 e. The number of nitrogens with one attached hydrogen (secondary N) is 1. The number of hydrogen-bond acceptors (Lipinski definition) is 5. The number of benzene rings is 1. The van der Waals surface area contributed by atoms with Gasteiger partial charge in [-0.05, 0) is 56.6 Å². The topological polar surface area (TPSA) is 76.9 Å². The minimum absolute atomic E-state index is 0.0162. The van der Waals surface area contributed by atoms with Crippen LogP contribution in [-0.2, 0) is 11.2 Å². The first kappa shape index (κ1) is 22.5. The molecule has 1 aliphatic rings. The van der Waals surface area contributed by atoms with Crippen molar-refractivity contribution in [1.29, 1.82) is 0 Å². The zero-order chi connectivity index (χ0) is 21.5. The molecule has 30 heavy (non-hydrogen) atoms. The molecule has 0 spiro atoms. The van der Waals surface area contributed by atoms with E-state index in [0.717, 1.165) is 34.9 Å². The highest BCUT2D eigenvalue weighted by Gasteiger charge is 2.23. The van der Waals surface area contributed by atoms with E-state index >= 15 is 0 Å². The summed E-state index contributed by atoms with van der Waals surface area (Å²) in [5.41, 5.74) is 2.94. The van der Waals surface area contributed by atoms with Gasteiger partial charge in [-0.3, -0.25) is 9.59 Å². The highest BCUT2D eigenvalue weighted by molar-refractivity contribution is 7.98. The Morgan fingerprint density at radius 3 is 2.60 bits per heavy atom. The van der Waals surface area contributed by atoms with E-state index < -0.39 is 0 Å². The van der Waals surface area contributed by atoms with E-state index in [1.165, 1.54) is 25.7 Å². The summed E-state index contributed by atoms with van der Waals surface area (Å²) in [5, 5.41) is 12.7. The number of rotatable bonds is 10. The predicted octanol–water partition coefficient (Wildman–Crippen LogP) is 4.44. The van der Waals surface area contributed by atoms with Crippen molar-refractivity contribution in [2.75, 3.05) is 12.8 Å². The number of ketones is 1. The van der Waals surface area contributed by atoms with Crippen LogP contribution in [0.2, 0.25) is 0 Å². The fraction of sp³-hybridized carbons (Fsp3) is 0.565. The summed E-state index contributed by atoms with van der Waals surface area (Å²) in [6, 6.07) is 6.21. The van der Waals surface area contributed by atoms with E-state index in [9.17, 15) is 9.59 Å². The SMILES string of the molecule is CSc1nnc(CCCNC(=O)CCC(=O)c2ccc(C)c(C)c2)n1C1CCCC1. The average Bonchev–Trinajstić information content (AvgIpc) is 3.40. The van der Waals surface area contributed by atoms with Gasteiger partial charge in [-0.2, -0.15) is 0 Å². The average molecular weight is 429 g/mol. The molecule has 0 aliphatic heterocycles. The molecule has 0 radical (unpaired) electrons. The molecular formula is C23H32N4O2S. The Hall–Kier alpha value is -2.15. The molecule has 3 rings (SSSR count). The lowest BCUT2D eigenvalue weighted by molar-refractivity contribution is -0.121. The Kier molecular flexibility index (Phi) is 8.08. The van der Waals surface area contributed by atoms with Gasteiger partial charge >= 0.3 is 0 Å². The van der Waals surface area contributed by atoms with E-state index in [-0.39, 0.29) is 24.5 Å². The molecule has 1 heterocycles. The van der Waals surface area contributed by atoms with Crippen LogP contribution in [0.1, 0.15) is 78.3 Å². The van der Waals surface area contributed by atoms with Crippen LogP contribution < -0.4 is 5.32 Å². The lowest BCUT2D eigenvalue weighted by Crippen LogP contribution is -2.25. The number of Topliss-reactive ketones (excluding diaryl/α,β-unsaturated/α-hetero) is 1. The molecule has 7 heteroatoms. The van der Waals surface area contributed by atoms with Gasteiger partial charge in [-0.1, -0.05) is 36.7 Å². The summed E-state index contributed by atoms with van der Waals surface area (Å²) in [6.07, 6.45) is 9.05. The molecule has 1 amide bonds. The first-order valence-electron chi connectivity index (χ1n) is 10.8. The van der Waals surface area contributed by atoms with Gasteiger partial charge in [0.05, 0.1) is 0 Å². The Balaban J connectivity index is 1.41. The Morgan fingerprint density at radius 1 is 1.13 bits per heavy atom. The van der Waals surface area contributed by atoms with Gasteiger partial charge in [0.1, 0.15) is 5.82 Å². The molecule has 0 saturated heterocycles. The van der Waals surface area contributed by atoms with Crippen LogP contribution in [0.15, 0.2) is 23.4 Å². The van der Waals surface area contributed by atoms with Crippen molar-refractivity contribution in [1.82, 2.24) is 20.1 Å². The van der Waals surface area contributed by atoms with Crippen LogP contribution in [0.4, 0.5) is 0 Å². The highest BCUT2D eigenvalue weighted by Crippen LogP contribution is 2.33. The third-order valence-corrected chi connectivity index (χ3v) is 6.56. The number of carbonyl (C=O) groups is 2. The number of thioether (sulfide) groups is 1. The lowest BCUT2D eigenvalue weighted by atomic mass is 10.0. The first-order valence-corrected chi connectivity index (χ1v) is 12.1. The van der Waals surface area contributed by atoms with Gasteiger partial charge in [0.25, 0.3) is 0 Å². The van der Waals surface area contributed by atoms with Crippen molar-refractivity contribution < 1.29 is 9.59 Å². The first-order chi connectivity index (χ1) is 14.5. The van der Waals surface area contributed by atoms with Gasteiger partial charge in [0, 0.05) is 37.4 Å². The van der Waals surface area contributed by atoms with Crippen molar-refractivity contribution in [3.63, 3.8) is 0 Å². The zero-order valence-corrected chi connectivity index (χ0v) is 19.1. The molecule has 1 N–H and O–H groups in total. The van der Waals surface area contributed by atoms with E-state index in [0.29, 0.717) is 18.2 Å². The van der Waals surface area contributed by atoms with E-state index in [2.05, 4.69) is 20.1 Å². The molecule has 1 fully saturated rings. The summed E-state index contributed by atoms with van der Waals surface area (Å²) in [6.45, 7) is 4.60. The van der Waals surface area contributed by atoms with Crippen LogP contribution in [0, 0.1) is 13.8 Å². The standard InChI is InChI=1S/C23H32N4O2S/c1-16-10-11-18(15-17(16)2)20(28)12-13-22(29)24-14-6-9-21-25-26-23(30-3)27(21)19-7-4-5-8-19/h10-11,15,19H,4-9,12-14H2,1-3H3,(H,24,29). The molecular weight excluding hydrogens is 396 g/mol. The van der Waals surface area contributed by atoms with Crippen LogP contribution in [0.5, 0.6) is 0 Å². The summed E-state index contributed by atoms with van der Waals surface area (Å²) in [4.78, 5) is 24.5. The maximum Gasteiger partial charge on any atom is 0.220 e. The highest BCUT2D eigenvalue weighted by atomic mass is 32.2. The summed E-state index contributed by atoms with van der Waals surface area (Å²) < 4.78 is 2.31. The van der Waals surface area contributed by atoms with Gasteiger partial charge in [-0.15, -0.1) is 10.2 Å². The number of nitrogens with zero attached hydrogens (tertiary/aromatic N) is 3. The van der Waals surface area contributed by atoms with Crippen molar-refractivity contribution in [2.24, 2.45) is 0 Å². The molecule has 0 atom stereocenters. The fourth-order valence-corrected chi connectivity index (χ4v) is 4.57. The quantitative estimate of drug-likeness (QED) is 0.344. The van der Waals surface area contributed by atoms with Gasteiger partial charge < -0.3 is 9.88 Å². The predicted molar refractivity (Wildman–Crippen MR) is 120 cm³/mol. The maximum atomic E-state index is 12.3. The van der Waals surface area contributed by atoms with Crippen molar-refractivity contribution in [2.45, 2.75) is 76.4 Å². The number of amides is 1. The third kappa shape index (κ3) is 5.72. The van der Waals surface area contributed by atoms with Crippen molar-refractivity contribution in [3.05, 3.63) is 40.7 Å².